The number of carbonyl (C=O) groups is 1. The Morgan fingerprint density at radius 3 is 2.70 bits per heavy atom. The van der Waals surface area contributed by atoms with Gasteiger partial charge in [-0.1, -0.05) is 18.2 Å². The molecule has 120 valence electrons. The third kappa shape index (κ3) is 3.57. The van der Waals surface area contributed by atoms with Gasteiger partial charge in [0.25, 0.3) is 5.91 Å². The van der Waals surface area contributed by atoms with Crippen LogP contribution < -0.4 is 20.9 Å². The maximum absolute atomic E-state index is 11.9. The molecule has 0 radical (unpaired) electrons. The minimum atomic E-state index is -0.387. The first-order chi connectivity index (χ1) is 11.3. The van der Waals surface area contributed by atoms with Crippen LogP contribution in [0.15, 0.2) is 36.5 Å². The average Bonchev–Trinajstić information content (AvgIpc) is 3.14. The standard InChI is InChI=1S/C16H19N5O2/c17-20-16(22)13-10-18-14(11-23-12-6-2-1-3-7-12)19-15(13)21-8-4-5-9-21/h1-3,6-7,10H,4-5,8-9,11,17H2,(H,20,22). The molecule has 1 aliphatic rings. The van der Waals surface area contributed by atoms with Gasteiger partial charge in [-0.05, 0) is 25.0 Å². The molecule has 1 saturated heterocycles. The van der Waals surface area contributed by atoms with Crippen molar-refractivity contribution in [1.29, 1.82) is 0 Å². The van der Waals surface area contributed by atoms with Gasteiger partial charge in [0.05, 0.1) is 0 Å². The lowest BCUT2D eigenvalue weighted by Crippen LogP contribution is -2.33. The van der Waals surface area contributed by atoms with Crippen LogP contribution in [0.3, 0.4) is 0 Å². The molecule has 3 rings (SSSR count). The van der Waals surface area contributed by atoms with Crippen molar-refractivity contribution >= 4 is 11.7 Å². The van der Waals surface area contributed by atoms with E-state index in [1.54, 1.807) is 0 Å². The molecule has 2 aromatic rings. The molecule has 7 nitrogen and oxygen atoms in total. The summed E-state index contributed by atoms with van der Waals surface area (Å²) in [7, 11) is 0. The smallest absolute Gasteiger partial charge is 0.270 e. The highest BCUT2D eigenvalue weighted by Gasteiger charge is 2.22. The molecule has 0 unspecified atom stereocenters. The number of amides is 1. The second-order valence-electron chi connectivity index (χ2n) is 5.29. The summed E-state index contributed by atoms with van der Waals surface area (Å²) in [4.78, 5) is 22.7. The third-order valence-electron chi connectivity index (χ3n) is 3.71. The van der Waals surface area contributed by atoms with Crippen LogP contribution in [0, 0.1) is 0 Å². The van der Waals surface area contributed by atoms with E-state index < -0.39 is 0 Å². The molecule has 1 fully saturated rings. The summed E-state index contributed by atoms with van der Waals surface area (Å²) in [5, 5.41) is 0. The zero-order valence-electron chi connectivity index (χ0n) is 12.7. The number of aromatic nitrogens is 2. The van der Waals surface area contributed by atoms with E-state index in [4.69, 9.17) is 10.6 Å². The number of nitrogens with zero attached hydrogens (tertiary/aromatic N) is 3. The van der Waals surface area contributed by atoms with Gasteiger partial charge in [-0.2, -0.15) is 0 Å². The largest absolute Gasteiger partial charge is 0.486 e. The van der Waals surface area contributed by atoms with Crippen LogP contribution in [-0.2, 0) is 6.61 Å². The number of benzene rings is 1. The highest BCUT2D eigenvalue weighted by Crippen LogP contribution is 2.22. The maximum atomic E-state index is 11.9. The van der Waals surface area contributed by atoms with E-state index in [0.29, 0.717) is 17.2 Å². The Bertz CT molecular complexity index is 671. The van der Waals surface area contributed by atoms with Crippen LogP contribution in [0.1, 0.15) is 29.0 Å². The zero-order chi connectivity index (χ0) is 16.1. The summed E-state index contributed by atoms with van der Waals surface area (Å²) in [5.41, 5.74) is 2.53. The maximum Gasteiger partial charge on any atom is 0.270 e. The van der Waals surface area contributed by atoms with Gasteiger partial charge >= 0.3 is 0 Å². The minimum absolute atomic E-state index is 0.245. The Kier molecular flexibility index (Phi) is 4.68. The van der Waals surface area contributed by atoms with Crippen molar-refractivity contribution in [2.75, 3.05) is 18.0 Å². The van der Waals surface area contributed by atoms with Crippen molar-refractivity contribution in [2.24, 2.45) is 5.84 Å². The number of para-hydroxylation sites is 1. The van der Waals surface area contributed by atoms with Crippen LogP contribution in [0.5, 0.6) is 5.75 Å². The first-order valence-electron chi connectivity index (χ1n) is 7.57. The highest BCUT2D eigenvalue weighted by molar-refractivity contribution is 5.98. The van der Waals surface area contributed by atoms with Crippen LogP contribution in [-0.4, -0.2) is 29.0 Å². The molecule has 0 bridgehead atoms. The third-order valence-corrected chi connectivity index (χ3v) is 3.71. The fraction of sp³-hybridized carbons (Fsp3) is 0.312. The van der Waals surface area contributed by atoms with E-state index in [1.165, 1.54) is 6.20 Å². The van der Waals surface area contributed by atoms with Crippen LogP contribution in [0.4, 0.5) is 5.82 Å². The number of hydrogen-bond acceptors (Lipinski definition) is 6. The Morgan fingerprint density at radius 2 is 2.00 bits per heavy atom. The van der Waals surface area contributed by atoms with E-state index in [0.717, 1.165) is 31.7 Å². The lowest BCUT2D eigenvalue weighted by Gasteiger charge is -2.19. The van der Waals surface area contributed by atoms with Crippen LogP contribution in [0.25, 0.3) is 0 Å². The molecule has 2 heterocycles. The fourth-order valence-corrected chi connectivity index (χ4v) is 2.55. The van der Waals surface area contributed by atoms with Crippen molar-refractivity contribution in [3.63, 3.8) is 0 Å². The Labute approximate surface area is 134 Å². The molecular weight excluding hydrogens is 294 g/mol. The van der Waals surface area contributed by atoms with E-state index in [2.05, 4.69) is 20.3 Å². The van der Waals surface area contributed by atoms with Gasteiger partial charge in [-0.15, -0.1) is 0 Å². The van der Waals surface area contributed by atoms with Crippen molar-refractivity contribution in [3.8, 4) is 5.75 Å². The summed E-state index contributed by atoms with van der Waals surface area (Å²) in [6, 6.07) is 9.48. The number of nitrogens with two attached hydrogens (primary N) is 1. The average molecular weight is 313 g/mol. The van der Waals surface area contributed by atoms with Crippen molar-refractivity contribution < 1.29 is 9.53 Å². The molecule has 1 amide bonds. The normalized spacial score (nSPS) is 13.9. The monoisotopic (exact) mass is 313 g/mol. The van der Waals surface area contributed by atoms with Crippen molar-refractivity contribution in [3.05, 3.63) is 47.9 Å². The predicted molar refractivity (Wildman–Crippen MR) is 85.9 cm³/mol. The number of ether oxygens (including phenoxy) is 1. The minimum Gasteiger partial charge on any atom is -0.486 e. The SMILES string of the molecule is NNC(=O)c1cnc(COc2ccccc2)nc1N1CCCC1. The Balaban J connectivity index is 1.81. The lowest BCUT2D eigenvalue weighted by molar-refractivity contribution is 0.0953. The van der Waals surface area contributed by atoms with Gasteiger partial charge < -0.3 is 9.64 Å². The van der Waals surface area contributed by atoms with Gasteiger partial charge in [0, 0.05) is 19.3 Å². The van der Waals surface area contributed by atoms with E-state index in [-0.39, 0.29) is 12.5 Å². The predicted octanol–water partition coefficient (Wildman–Crippen LogP) is 1.26. The zero-order valence-corrected chi connectivity index (χ0v) is 12.7. The van der Waals surface area contributed by atoms with Gasteiger partial charge in [0.1, 0.15) is 23.7 Å². The number of rotatable bonds is 5. The number of nitrogen functional groups attached to an aromatic ring is 1. The highest BCUT2D eigenvalue weighted by atomic mass is 16.5. The Hall–Kier alpha value is -2.67. The number of carbonyl (C=O) groups excluding carboxylic acids is 1. The summed E-state index contributed by atoms with van der Waals surface area (Å²) in [6.07, 6.45) is 3.68. The molecule has 7 heteroatoms. The molecule has 0 atom stereocenters. The Morgan fingerprint density at radius 1 is 1.26 bits per heavy atom. The number of hydrogen-bond donors (Lipinski definition) is 2. The lowest BCUT2D eigenvalue weighted by atomic mass is 10.2. The quantitative estimate of drug-likeness (QED) is 0.490. The molecule has 23 heavy (non-hydrogen) atoms. The van der Waals surface area contributed by atoms with Crippen molar-refractivity contribution in [2.45, 2.75) is 19.4 Å². The van der Waals surface area contributed by atoms with Crippen LogP contribution in [0.2, 0.25) is 0 Å². The number of nitrogens with one attached hydrogen (secondary N) is 1. The van der Waals surface area contributed by atoms with E-state index in [1.807, 2.05) is 30.3 Å². The van der Waals surface area contributed by atoms with Gasteiger partial charge in [0.15, 0.2) is 5.82 Å². The first kappa shape index (κ1) is 15.2. The van der Waals surface area contributed by atoms with Crippen molar-refractivity contribution in [1.82, 2.24) is 15.4 Å². The number of hydrazine groups is 1. The van der Waals surface area contributed by atoms with Gasteiger partial charge in [-0.25, -0.2) is 15.8 Å². The molecule has 1 aliphatic heterocycles. The molecule has 0 spiro atoms. The summed E-state index contributed by atoms with van der Waals surface area (Å²) >= 11 is 0. The van der Waals surface area contributed by atoms with Crippen LogP contribution >= 0.6 is 0 Å². The fourth-order valence-electron chi connectivity index (χ4n) is 2.55. The van der Waals surface area contributed by atoms with E-state index >= 15 is 0 Å². The van der Waals surface area contributed by atoms with E-state index in [9.17, 15) is 4.79 Å². The summed E-state index contributed by atoms with van der Waals surface area (Å²) < 4.78 is 5.67. The molecule has 0 aliphatic carbocycles. The summed E-state index contributed by atoms with van der Waals surface area (Å²) in [6.45, 7) is 2.00. The molecule has 1 aromatic heterocycles. The molecule has 1 aromatic carbocycles. The second-order valence-corrected chi connectivity index (χ2v) is 5.29. The molecular formula is C16H19N5O2. The summed E-state index contributed by atoms with van der Waals surface area (Å²) in [5.74, 6) is 6.76. The topological polar surface area (TPSA) is 93.4 Å². The first-order valence-corrected chi connectivity index (χ1v) is 7.57. The molecule has 0 saturated carbocycles. The second kappa shape index (κ2) is 7.06. The molecule has 3 N–H and O–H groups in total. The van der Waals surface area contributed by atoms with Gasteiger partial charge in [-0.3, -0.25) is 10.2 Å². The number of anilines is 1. The van der Waals surface area contributed by atoms with Gasteiger partial charge in [0.2, 0.25) is 0 Å².